The largest absolute Gasteiger partial charge is 0.103 e. The van der Waals surface area contributed by atoms with Crippen molar-refractivity contribution in [3.05, 3.63) is 31.7 Å². The van der Waals surface area contributed by atoms with Crippen LogP contribution >= 0.6 is 0 Å². The third-order valence-corrected chi connectivity index (χ3v) is 1.86. The van der Waals surface area contributed by atoms with E-state index in [1.807, 2.05) is 6.08 Å². The number of unbranched alkanes of at least 4 members (excludes halogenated alkanes) is 5. The second kappa shape index (κ2) is 10.5. The average molecular weight is 165 g/mol. The summed E-state index contributed by atoms with van der Waals surface area (Å²) < 4.78 is 0. The summed E-state index contributed by atoms with van der Waals surface area (Å²) >= 11 is 0. The zero-order valence-corrected chi connectivity index (χ0v) is 8.10. The smallest absolute Gasteiger partial charge is 0.0351 e. The van der Waals surface area contributed by atoms with Crippen LogP contribution in [0.5, 0.6) is 0 Å². The first-order valence-corrected chi connectivity index (χ1v) is 4.97. The molecule has 0 aromatic heterocycles. The molecule has 0 saturated carbocycles. The molecule has 0 fully saturated rings. The first kappa shape index (κ1) is 11.5. The Morgan fingerprint density at radius 2 is 1.50 bits per heavy atom. The molecule has 0 aliphatic heterocycles. The van der Waals surface area contributed by atoms with Crippen LogP contribution in [0.3, 0.4) is 0 Å². The topological polar surface area (TPSA) is 0 Å². The van der Waals surface area contributed by atoms with Crippen molar-refractivity contribution < 1.29 is 0 Å². The molecule has 0 spiro atoms. The number of hydrogen-bond donors (Lipinski definition) is 0. The van der Waals surface area contributed by atoms with E-state index in [1.165, 1.54) is 38.5 Å². The van der Waals surface area contributed by atoms with Gasteiger partial charge in [0.05, 0.1) is 0 Å². The fourth-order valence-electron chi connectivity index (χ4n) is 1.14. The SMILES string of the molecule is [CH2]C/C=C\CCCCCCC=C. The molecule has 0 bridgehead atoms. The van der Waals surface area contributed by atoms with Gasteiger partial charge in [0.1, 0.15) is 0 Å². The van der Waals surface area contributed by atoms with E-state index in [2.05, 4.69) is 25.7 Å². The van der Waals surface area contributed by atoms with Crippen LogP contribution in [0.15, 0.2) is 24.8 Å². The summed E-state index contributed by atoms with van der Waals surface area (Å²) in [6.07, 6.45) is 15.1. The van der Waals surface area contributed by atoms with E-state index >= 15 is 0 Å². The van der Waals surface area contributed by atoms with Crippen LogP contribution in [0.1, 0.15) is 44.9 Å². The fourth-order valence-corrected chi connectivity index (χ4v) is 1.14. The summed E-state index contributed by atoms with van der Waals surface area (Å²) in [7, 11) is 0. The molecule has 0 rings (SSSR count). The Hall–Kier alpha value is -0.520. The van der Waals surface area contributed by atoms with Gasteiger partial charge in [0.25, 0.3) is 0 Å². The second-order valence-electron chi connectivity index (χ2n) is 3.04. The Labute approximate surface area is 77.4 Å². The van der Waals surface area contributed by atoms with Gasteiger partial charge in [-0.1, -0.05) is 31.1 Å². The van der Waals surface area contributed by atoms with Gasteiger partial charge in [-0.3, -0.25) is 0 Å². The van der Waals surface area contributed by atoms with Crippen molar-refractivity contribution in [3.8, 4) is 0 Å². The highest BCUT2D eigenvalue weighted by Gasteiger charge is 1.86. The second-order valence-corrected chi connectivity index (χ2v) is 3.04. The lowest BCUT2D eigenvalue weighted by Crippen LogP contribution is -1.76. The molecule has 0 atom stereocenters. The Morgan fingerprint density at radius 3 is 2.08 bits per heavy atom. The monoisotopic (exact) mass is 165 g/mol. The maximum atomic E-state index is 3.75. The molecule has 0 nitrogen and oxygen atoms in total. The quantitative estimate of drug-likeness (QED) is 0.372. The van der Waals surface area contributed by atoms with Gasteiger partial charge >= 0.3 is 0 Å². The minimum absolute atomic E-state index is 0.927. The highest BCUT2D eigenvalue weighted by molar-refractivity contribution is 4.81. The van der Waals surface area contributed by atoms with E-state index in [1.54, 1.807) is 0 Å². The molecular weight excluding hydrogens is 144 g/mol. The van der Waals surface area contributed by atoms with Crippen LogP contribution in [-0.4, -0.2) is 0 Å². The molecule has 0 heteroatoms. The first-order chi connectivity index (χ1) is 5.91. The van der Waals surface area contributed by atoms with Crippen LogP contribution in [0.25, 0.3) is 0 Å². The standard InChI is InChI=1S/C12H21/c1-3-5-7-9-11-12-10-8-6-4-2/h3,6,8H,1-2,4-5,7,9-12H2/b8-6-. The molecule has 0 N–H and O–H groups in total. The zero-order valence-electron chi connectivity index (χ0n) is 8.10. The van der Waals surface area contributed by atoms with Gasteiger partial charge in [-0.05, 0) is 39.0 Å². The third-order valence-electron chi connectivity index (χ3n) is 1.86. The van der Waals surface area contributed by atoms with Crippen molar-refractivity contribution in [2.75, 3.05) is 0 Å². The normalized spacial score (nSPS) is 10.8. The molecule has 0 aliphatic rings. The summed E-state index contributed by atoms with van der Waals surface area (Å²) in [6, 6.07) is 0. The van der Waals surface area contributed by atoms with Crippen molar-refractivity contribution in [3.63, 3.8) is 0 Å². The van der Waals surface area contributed by atoms with Crippen molar-refractivity contribution in [2.45, 2.75) is 44.9 Å². The van der Waals surface area contributed by atoms with Crippen molar-refractivity contribution >= 4 is 0 Å². The molecule has 0 amide bonds. The van der Waals surface area contributed by atoms with Crippen LogP contribution in [-0.2, 0) is 0 Å². The first-order valence-electron chi connectivity index (χ1n) is 4.97. The molecule has 12 heavy (non-hydrogen) atoms. The van der Waals surface area contributed by atoms with Crippen molar-refractivity contribution in [1.29, 1.82) is 0 Å². The predicted molar refractivity (Wildman–Crippen MR) is 57.0 cm³/mol. The number of rotatable bonds is 8. The Morgan fingerprint density at radius 1 is 0.833 bits per heavy atom. The minimum Gasteiger partial charge on any atom is -0.103 e. The molecule has 1 radical (unpaired) electrons. The van der Waals surface area contributed by atoms with Crippen LogP contribution in [0.4, 0.5) is 0 Å². The van der Waals surface area contributed by atoms with E-state index in [0.29, 0.717) is 0 Å². The van der Waals surface area contributed by atoms with Crippen LogP contribution in [0.2, 0.25) is 0 Å². The van der Waals surface area contributed by atoms with E-state index in [9.17, 15) is 0 Å². The van der Waals surface area contributed by atoms with E-state index < -0.39 is 0 Å². The van der Waals surface area contributed by atoms with Crippen molar-refractivity contribution in [1.82, 2.24) is 0 Å². The summed E-state index contributed by atoms with van der Waals surface area (Å²) in [5.41, 5.74) is 0. The molecule has 0 saturated heterocycles. The Balaban J connectivity index is 2.90. The van der Waals surface area contributed by atoms with Gasteiger partial charge in [0, 0.05) is 0 Å². The lowest BCUT2D eigenvalue weighted by molar-refractivity contribution is 0.652. The van der Waals surface area contributed by atoms with Crippen LogP contribution < -0.4 is 0 Å². The third kappa shape index (κ3) is 9.48. The van der Waals surface area contributed by atoms with Gasteiger partial charge in [-0.25, -0.2) is 0 Å². The molecule has 69 valence electrons. The maximum absolute atomic E-state index is 3.75. The number of allylic oxidation sites excluding steroid dienone is 3. The lowest BCUT2D eigenvalue weighted by atomic mass is 10.1. The zero-order chi connectivity index (χ0) is 9.07. The van der Waals surface area contributed by atoms with E-state index in [4.69, 9.17) is 0 Å². The lowest BCUT2D eigenvalue weighted by Gasteiger charge is -1.95. The van der Waals surface area contributed by atoms with E-state index in [0.717, 1.165) is 6.42 Å². The van der Waals surface area contributed by atoms with Gasteiger partial charge < -0.3 is 0 Å². The minimum atomic E-state index is 0.927. The van der Waals surface area contributed by atoms with Crippen molar-refractivity contribution in [2.24, 2.45) is 0 Å². The molecule has 0 unspecified atom stereocenters. The molecule has 0 aromatic carbocycles. The van der Waals surface area contributed by atoms with Crippen LogP contribution in [0, 0.1) is 6.92 Å². The molecule has 0 heterocycles. The summed E-state index contributed by atoms with van der Waals surface area (Å²) in [6.45, 7) is 7.45. The van der Waals surface area contributed by atoms with Gasteiger partial charge in [-0.2, -0.15) is 0 Å². The predicted octanol–water partition coefficient (Wildman–Crippen LogP) is 4.29. The Kier molecular flexibility index (Phi) is 10.0. The maximum Gasteiger partial charge on any atom is -0.0351 e. The summed E-state index contributed by atoms with van der Waals surface area (Å²) in [5, 5.41) is 0. The van der Waals surface area contributed by atoms with Gasteiger partial charge in [0.2, 0.25) is 0 Å². The Bertz CT molecular complexity index is 111. The molecule has 0 aromatic rings. The van der Waals surface area contributed by atoms with Gasteiger partial charge in [-0.15, -0.1) is 6.58 Å². The average Bonchev–Trinajstić information content (AvgIpc) is 2.10. The van der Waals surface area contributed by atoms with E-state index in [-0.39, 0.29) is 0 Å². The number of hydrogen-bond acceptors (Lipinski definition) is 0. The fraction of sp³-hybridized carbons (Fsp3) is 0.583. The highest BCUT2D eigenvalue weighted by atomic mass is 13.9. The summed E-state index contributed by atoms with van der Waals surface area (Å²) in [4.78, 5) is 0. The highest BCUT2D eigenvalue weighted by Crippen LogP contribution is 2.05. The summed E-state index contributed by atoms with van der Waals surface area (Å²) in [5.74, 6) is 0. The molecular formula is C12H21. The molecule has 0 aliphatic carbocycles. The van der Waals surface area contributed by atoms with Gasteiger partial charge in [0.15, 0.2) is 0 Å².